The van der Waals surface area contributed by atoms with Crippen LogP contribution < -0.4 is 5.32 Å². The van der Waals surface area contributed by atoms with Gasteiger partial charge in [0.05, 0.1) is 0 Å². The van der Waals surface area contributed by atoms with Crippen LogP contribution in [0.25, 0.3) is 0 Å². The Labute approximate surface area is 188 Å². The largest absolute Gasteiger partial charge is 0.430 e. The highest BCUT2D eigenvalue weighted by Gasteiger charge is 2.62. The van der Waals surface area contributed by atoms with E-state index in [-0.39, 0.29) is 50.0 Å². The van der Waals surface area contributed by atoms with Crippen LogP contribution in [0.1, 0.15) is 36.3 Å². The van der Waals surface area contributed by atoms with E-state index in [1.54, 1.807) is 12.1 Å². The second-order valence-corrected chi connectivity index (χ2v) is 8.81. The lowest BCUT2D eigenvalue weighted by Crippen LogP contribution is -2.59. The Hall–Kier alpha value is -2.94. The normalized spacial score (nSPS) is 22.5. The third kappa shape index (κ3) is 4.10. The zero-order chi connectivity index (χ0) is 23.9. The predicted molar refractivity (Wildman–Crippen MR) is 111 cm³/mol. The van der Waals surface area contributed by atoms with Gasteiger partial charge >= 0.3 is 6.18 Å². The second kappa shape index (κ2) is 8.44. The van der Waals surface area contributed by atoms with Crippen LogP contribution in [0.3, 0.4) is 0 Å². The molecular weight excluding hydrogens is 440 g/mol. The number of carbonyl (C=O) groups is 2. The topological polar surface area (TPSA) is 69.6 Å². The maximum absolute atomic E-state index is 13.9. The van der Waals surface area contributed by atoms with Crippen molar-refractivity contribution in [3.63, 3.8) is 0 Å². The van der Waals surface area contributed by atoms with Crippen LogP contribution in [-0.2, 0) is 15.2 Å². The molecule has 0 saturated carbocycles. The number of piperidine rings is 2. The van der Waals surface area contributed by atoms with Crippen LogP contribution in [0.15, 0.2) is 54.6 Å². The predicted octanol–water partition coefficient (Wildman–Crippen LogP) is 3.49. The van der Waals surface area contributed by atoms with Crippen LogP contribution >= 0.6 is 0 Å². The molecule has 2 fully saturated rings. The molecule has 176 valence electrons. The number of amides is 2. The number of alkyl halides is 3. The van der Waals surface area contributed by atoms with E-state index in [1.165, 1.54) is 30.3 Å². The number of aliphatic hydroxyl groups is 1. The van der Waals surface area contributed by atoms with Gasteiger partial charge < -0.3 is 15.3 Å². The first-order valence-corrected chi connectivity index (χ1v) is 10.7. The van der Waals surface area contributed by atoms with Crippen LogP contribution in [-0.4, -0.2) is 47.6 Å². The molecule has 2 aliphatic heterocycles. The van der Waals surface area contributed by atoms with E-state index in [0.717, 1.165) is 22.6 Å². The van der Waals surface area contributed by atoms with E-state index in [9.17, 15) is 32.3 Å². The van der Waals surface area contributed by atoms with Gasteiger partial charge in [0.1, 0.15) is 5.82 Å². The number of carbonyl (C=O) groups excluding carboxylic acids is 2. The Bertz CT molecular complexity index is 1020. The zero-order valence-electron chi connectivity index (χ0n) is 17.7. The first-order chi connectivity index (χ1) is 15.6. The van der Waals surface area contributed by atoms with Gasteiger partial charge in [-0.2, -0.15) is 13.2 Å². The summed E-state index contributed by atoms with van der Waals surface area (Å²) >= 11 is 0. The van der Waals surface area contributed by atoms with Crippen LogP contribution in [0.5, 0.6) is 0 Å². The molecule has 0 radical (unpaired) electrons. The van der Waals surface area contributed by atoms with Crippen molar-refractivity contribution in [1.29, 1.82) is 0 Å². The van der Waals surface area contributed by atoms with Crippen molar-refractivity contribution in [2.75, 3.05) is 19.6 Å². The number of likely N-dealkylation sites (tertiary alicyclic amines) is 1. The summed E-state index contributed by atoms with van der Waals surface area (Å²) in [5.74, 6) is -2.14. The average molecular weight is 464 g/mol. The molecule has 2 saturated heterocycles. The van der Waals surface area contributed by atoms with Gasteiger partial charge in [0.25, 0.3) is 11.5 Å². The van der Waals surface area contributed by atoms with Crippen molar-refractivity contribution in [3.8, 4) is 0 Å². The third-order valence-corrected chi connectivity index (χ3v) is 6.99. The van der Waals surface area contributed by atoms with Gasteiger partial charge in [-0.1, -0.05) is 42.5 Å². The molecule has 2 aromatic rings. The molecule has 2 amide bonds. The molecule has 33 heavy (non-hydrogen) atoms. The molecule has 2 aromatic carbocycles. The highest BCUT2D eigenvalue weighted by Crippen LogP contribution is 2.50. The summed E-state index contributed by atoms with van der Waals surface area (Å²) in [7, 11) is 0. The fourth-order valence-corrected chi connectivity index (χ4v) is 5.10. The Kier molecular flexibility index (Phi) is 5.94. The molecule has 2 aliphatic rings. The number of hydrogen-bond acceptors (Lipinski definition) is 3. The van der Waals surface area contributed by atoms with Crippen molar-refractivity contribution in [2.24, 2.45) is 5.41 Å². The number of benzene rings is 2. The standard InChI is InChI=1S/C24H24F4N2O3/c25-18-8-6-16(7-9-18)19-15-29-20(31)14-22(19)10-12-30(13-11-22)21(32)23(33,24(26,27)28)17-4-2-1-3-5-17/h1-9,19,33H,10-15H2,(H,29,31)/t19-,23-/m0/s1. The fraction of sp³-hybridized carbons (Fsp3) is 0.417. The maximum atomic E-state index is 13.9. The summed E-state index contributed by atoms with van der Waals surface area (Å²) in [6.07, 6.45) is -4.46. The Balaban J connectivity index is 1.59. The first-order valence-electron chi connectivity index (χ1n) is 10.7. The van der Waals surface area contributed by atoms with Gasteiger partial charge in [0.2, 0.25) is 5.91 Å². The minimum absolute atomic E-state index is 0.0327. The van der Waals surface area contributed by atoms with Crippen molar-refractivity contribution in [1.82, 2.24) is 10.2 Å². The molecular formula is C24H24F4N2O3. The van der Waals surface area contributed by atoms with Gasteiger partial charge in [-0.3, -0.25) is 9.59 Å². The Morgan fingerprint density at radius 1 is 1.03 bits per heavy atom. The van der Waals surface area contributed by atoms with Crippen LogP contribution in [0.4, 0.5) is 17.6 Å². The molecule has 9 heteroatoms. The third-order valence-electron chi connectivity index (χ3n) is 6.99. The first kappa shape index (κ1) is 23.2. The molecule has 0 unspecified atom stereocenters. The van der Waals surface area contributed by atoms with Gasteiger partial charge in [-0.05, 0) is 36.0 Å². The summed E-state index contributed by atoms with van der Waals surface area (Å²) in [6, 6.07) is 12.3. The molecule has 2 N–H and O–H groups in total. The van der Waals surface area contributed by atoms with E-state index < -0.39 is 28.7 Å². The smallest absolute Gasteiger partial charge is 0.369 e. The number of rotatable bonds is 3. The SMILES string of the molecule is O=C1CC2(CCN(C(=O)[C@@](O)(c3ccccc3)C(F)(F)F)CC2)[C@H](c2ccc(F)cc2)CN1. The summed E-state index contributed by atoms with van der Waals surface area (Å²) in [5.41, 5.74) is -3.93. The minimum atomic E-state index is -5.21. The number of nitrogens with one attached hydrogen (secondary N) is 1. The Morgan fingerprint density at radius 3 is 2.21 bits per heavy atom. The monoisotopic (exact) mass is 464 g/mol. The molecule has 2 atom stereocenters. The maximum Gasteiger partial charge on any atom is 0.430 e. The van der Waals surface area contributed by atoms with E-state index in [2.05, 4.69) is 5.32 Å². The highest BCUT2D eigenvalue weighted by molar-refractivity contribution is 5.87. The van der Waals surface area contributed by atoms with E-state index in [4.69, 9.17) is 0 Å². The van der Waals surface area contributed by atoms with Crippen molar-refractivity contribution in [2.45, 2.75) is 37.0 Å². The minimum Gasteiger partial charge on any atom is -0.369 e. The van der Waals surface area contributed by atoms with Crippen molar-refractivity contribution >= 4 is 11.8 Å². The zero-order valence-corrected chi connectivity index (χ0v) is 17.7. The molecule has 2 heterocycles. The average Bonchev–Trinajstić information content (AvgIpc) is 2.79. The summed E-state index contributed by atoms with van der Waals surface area (Å²) in [5, 5.41) is 13.4. The van der Waals surface area contributed by atoms with Gasteiger partial charge in [0, 0.05) is 37.5 Å². The Morgan fingerprint density at radius 2 is 1.64 bits per heavy atom. The van der Waals surface area contributed by atoms with E-state index >= 15 is 0 Å². The molecule has 0 bridgehead atoms. The quantitative estimate of drug-likeness (QED) is 0.684. The van der Waals surface area contributed by atoms with Crippen molar-refractivity contribution in [3.05, 3.63) is 71.5 Å². The number of hydrogen-bond donors (Lipinski definition) is 2. The van der Waals surface area contributed by atoms with E-state index in [1.807, 2.05) is 0 Å². The molecule has 5 nitrogen and oxygen atoms in total. The van der Waals surface area contributed by atoms with Gasteiger partial charge in [-0.15, -0.1) is 0 Å². The van der Waals surface area contributed by atoms with Gasteiger partial charge in [0.15, 0.2) is 0 Å². The summed E-state index contributed by atoms with van der Waals surface area (Å²) in [6.45, 7) is 0.263. The lowest BCUT2D eigenvalue weighted by molar-refractivity contribution is -0.262. The summed E-state index contributed by atoms with van der Waals surface area (Å²) < 4.78 is 55.2. The molecule has 0 aliphatic carbocycles. The molecule has 1 spiro atoms. The lowest BCUT2D eigenvalue weighted by atomic mass is 9.62. The van der Waals surface area contributed by atoms with Gasteiger partial charge in [-0.25, -0.2) is 4.39 Å². The van der Waals surface area contributed by atoms with E-state index in [0.29, 0.717) is 6.54 Å². The second-order valence-electron chi connectivity index (χ2n) is 8.81. The number of nitrogens with zero attached hydrogens (tertiary/aromatic N) is 1. The molecule has 4 rings (SSSR count). The van der Waals surface area contributed by atoms with Crippen LogP contribution in [0, 0.1) is 11.2 Å². The van der Waals surface area contributed by atoms with Crippen LogP contribution in [0.2, 0.25) is 0 Å². The van der Waals surface area contributed by atoms with Crippen molar-refractivity contribution < 1.29 is 32.3 Å². The molecule has 0 aromatic heterocycles. The fourth-order valence-electron chi connectivity index (χ4n) is 5.10. The summed E-state index contributed by atoms with van der Waals surface area (Å²) in [4.78, 5) is 26.3. The highest BCUT2D eigenvalue weighted by atomic mass is 19.4. The lowest BCUT2D eigenvalue weighted by Gasteiger charge is -2.50. The number of halogens is 4.